The number of hydrogen-bond acceptors (Lipinski definition) is 5. The lowest BCUT2D eigenvalue weighted by Gasteiger charge is -2.20. The molecule has 1 aliphatic rings. The second-order valence-electron chi connectivity index (χ2n) is 4.10. The van der Waals surface area contributed by atoms with Crippen LogP contribution in [0.1, 0.15) is 26.7 Å². The summed E-state index contributed by atoms with van der Waals surface area (Å²) in [5, 5.41) is 8.39. The quantitative estimate of drug-likeness (QED) is 0.523. The molecule has 0 aromatic rings. The summed E-state index contributed by atoms with van der Waals surface area (Å²) in [6.07, 6.45) is 0.818. The number of aliphatic carboxylic acids is 1. The van der Waals surface area contributed by atoms with Crippen LogP contribution in [0, 0.1) is 0 Å². The van der Waals surface area contributed by atoms with Crippen LogP contribution in [0.15, 0.2) is 0 Å². The van der Waals surface area contributed by atoms with Gasteiger partial charge in [0.1, 0.15) is 12.7 Å². The number of aldehydes is 1. The number of hydrogen-bond donors (Lipinski definition) is 1. The molecule has 0 aromatic carbocycles. The van der Waals surface area contributed by atoms with Crippen molar-refractivity contribution >= 4 is 12.3 Å². The Morgan fingerprint density at radius 3 is 2.76 bits per heavy atom. The summed E-state index contributed by atoms with van der Waals surface area (Å²) in [5.41, 5.74) is 0. The molecule has 6 heteroatoms. The molecule has 1 N–H and O–H groups in total. The molecule has 1 fully saturated rings. The highest BCUT2D eigenvalue weighted by Crippen LogP contribution is 2.31. The lowest BCUT2D eigenvalue weighted by molar-refractivity contribution is -0.165. The van der Waals surface area contributed by atoms with Gasteiger partial charge in [-0.25, -0.2) is 4.79 Å². The van der Waals surface area contributed by atoms with Crippen LogP contribution in [-0.4, -0.2) is 48.6 Å². The lowest BCUT2D eigenvalue weighted by Crippen LogP contribution is -2.26. The molecule has 0 radical (unpaired) electrons. The maximum atomic E-state index is 10.8. The zero-order valence-corrected chi connectivity index (χ0v) is 10.0. The van der Waals surface area contributed by atoms with Crippen molar-refractivity contribution in [3.63, 3.8) is 0 Å². The van der Waals surface area contributed by atoms with Gasteiger partial charge in [-0.3, -0.25) is 0 Å². The maximum Gasteiger partial charge on any atom is 0.329 e. The SMILES string of the molecule is CCC1(C)O[C@@H](CCOCC(=O)O)[C@@H](C=O)O1. The highest BCUT2D eigenvalue weighted by Gasteiger charge is 2.42. The fourth-order valence-corrected chi connectivity index (χ4v) is 1.64. The van der Waals surface area contributed by atoms with Crippen LogP contribution in [0.4, 0.5) is 0 Å². The van der Waals surface area contributed by atoms with E-state index in [1.54, 1.807) is 6.92 Å². The molecule has 6 nitrogen and oxygen atoms in total. The van der Waals surface area contributed by atoms with Crippen molar-refractivity contribution in [3.05, 3.63) is 0 Å². The van der Waals surface area contributed by atoms with Crippen molar-refractivity contribution < 1.29 is 28.9 Å². The normalized spacial score (nSPS) is 32.6. The van der Waals surface area contributed by atoms with E-state index in [9.17, 15) is 9.59 Å². The molecule has 0 spiro atoms. The minimum Gasteiger partial charge on any atom is -0.480 e. The van der Waals surface area contributed by atoms with Gasteiger partial charge in [0, 0.05) is 13.0 Å². The Kier molecular flexibility index (Phi) is 5.04. The first-order chi connectivity index (χ1) is 8.00. The summed E-state index contributed by atoms with van der Waals surface area (Å²) >= 11 is 0. The van der Waals surface area contributed by atoms with Crippen LogP contribution in [0.2, 0.25) is 0 Å². The standard InChI is InChI=1S/C11H18O6/c1-3-11(2)16-8(9(6-12)17-11)4-5-15-7-10(13)14/h6,8-9H,3-5,7H2,1-2H3,(H,13,14)/t8-,9+,11?/m0/s1. The molecule has 1 saturated heterocycles. The predicted molar refractivity (Wildman–Crippen MR) is 57.6 cm³/mol. The number of ether oxygens (including phenoxy) is 3. The van der Waals surface area contributed by atoms with E-state index in [0.717, 1.165) is 0 Å². The first-order valence-electron chi connectivity index (χ1n) is 5.61. The zero-order valence-electron chi connectivity index (χ0n) is 10.0. The molecule has 1 aliphatic heterocycles. The molecule has 17 heavy (non-hydrogen) atoms. The molecule has 1 rings (SSSR count). The van der Waals surface area contributed by atoms with E-state index in [0.29, 0.717) is 19.1 Å². The molecule has 0 amide bonds. The Hall–Kier alpha value is -0.980. The van der Waals surface area contributed by atoms with E-state index < -0.39 is 17.9 Å². The summed E-state index contributed by atoms with van der Waals surface area (Å²) in [6, 6.07) is 0. The van der Waals surface area contributed by atoms with Crippen molar-refractivity contribution in [2.75, 3.05) is 13.2 Å². The molecular formula is C11H18O6. The largest absolute Gasteiger partial charge is 0.480 e. The molecule has 0 bridgehead atoms. The molecule has 0 saturated carbocycles. The number of rotatable bonds is 7. The van der Waals surface area contributed by atoms with Crippen LogP contribution in [0.5, 0.6) is 0 Å². The van der Waals surface area contributed by atoms with E-state index in [2.05, 4.69) is 0 Å². The Balaban J connectivity index is 2.36. The van der Waals surface area contributed by atoms with Gasteiger partial charge in [0.2, 0.25) is 0 Å². The van der Waals surface area contributed by atoms with Crippen molar-refractivity contribution in [1.82, 2.24) is 0 Å². The molecule has 1 heterocycles. The average molecular weight is 246 g/mol. The lowest BCUT2D eigenvalue weighted by atomic mass is 10.2. The first kappa shape index (κ1) is 14.1. The second-order valence-corrected chi connectivity index (χ2v) is 4.10. The molecule has 98 valence electrons. The first-order valence-corrected chi connectivity index (χ1v) is 5.61. The third kappa shape index (κ3) is 4.07. The summed E-state index contributed by atoms with van der Waals surface area (Å²) in [6.45, 7) is 3.57. The number of carbonyl (C=O) groups excluding carboxylic acids is 1. The van der Waals surface area contributed by atoms with E-state index >= 15 is 0 Å². The zero-order chi connectivity index (χ0) is 12.9. The van der Waals surface area contributed by atoms with Gasteiger partial charge >= 0.3 is 5.97 Å². The van der Waals surface area contributed by atoms with Gasteiger partial charge in [-0.15, -0.1) is 0 Å². The van der Waals surface area contributed by atoms with E-state index in [-0.39, 0.29) is 19.3 Å². The van der Waals surface area contributed by atoms with Gasteiger partial charge in [0.25, 0.3) is 0 Å². The monoisotopic (exact) mass is 246 g/mol. The highest BCUT2D eigenvalue weighted by atomic mass is 16.8. The van der Waals surface area contributed by atoms with Gasteiger partial charge < -0.3 is 24.1 Å². The third-order valence-corrected chi connectivity index (χ3v) is 2.70. The fraction of sp³-hybridized carbons (Fsp3) is 0.818. The van der Waals surface area contributed by atoms with Crippen molar-refractivity contribution in [1.29, 1.82) is 0 Å². The third-order valence-electron chi connectivity index (χ3n) is 2.70. The summed E-state index contributed by atoms with van der Waals surface area (Å²) in [5.74, 6) is -1.75. The Bertz CT molecular complexity index is 279. The van der Waals surface area contributed by atoms with Gasteiger partial charge in [-0.05, 0) is 13.3 Å². The number of carboxylic acid groups (broad SMARTS) is 1. The summed E-state index contributed by atoms with van der Waals surface area (Å²) < 4.78 is 16.0. The Morgan fingerprint density at radius 2 is 2.24 bits per heavy atom. The number of carboxylic acids is 1. The highest BCUT2D eigenvalue weighted by molar-refractivity contribution is 5.67. The van der Waals surface area contributed by atoms with Crippen LogP contribution >= 0.6 is 0 Å². The van der Waals surface area contributed by atoms with E-state index in [4.69, 9.17) is 19.3 Å². The molecular weight excluding hydrogens is 228 g/mol. The smallest absolute Gasteiger partial charge is 0.329 e. The molecule has 0 aliphatic carbocycles. The summed E-state index contributed by atoms with van der Waals surface area (Å²) in [7, 11) is 0. The van der Waals surface area contributed by atoms with E-state index in [1.165, 1.54) is 0 Å². The topological polar surface area (TPSA) is 82.1 Å². The van der Waals surface area contributed by atoms with Crippen LogP contribution in [-0.2, 0) is 23.8 Å². The summed E-state index contributed by atoms with van der Waals surface area (Å²) in [4.78, 5) is 21.1. The second kappa shape index (κ2) is 6.09. The maximum absolute atomic E-state index is 10.8. The van der Waals surface area contributed by atoms with Crippen LogP contribution in [0.3, 0.4) is 0 Å². The molecule has 0 aromatic heterocycles. The van der Waals surface area contributed by atoms with Crippen LogP contribution in [0.25, 0.3) is 0 Å². The minimum atomic E-state index is -1.01. The van der Waals surface area contributed by atoms with Crippen LogP contribution < -0.4 is 0 Å². The van der Waals surface area contributed by atoms with Gasteiger partial charge in [0.15, 0.2) is 12.1 Å². The van der Waals surface area contributed by atoms with Gasteiger partial charge in [-0.2, -0.15) is 0 Å². The number of carbonyl (C=O) groups is 2. The molecule has 3 atom stereocenters. The van der Waals surface area contributed by atoms with Crippen molar-refractivity contribution in [2.45, 2.75) is 44.7 Å². The minimum absolute atomic E-state index is 0.227. The Morgan fingerprint density at radius 1 is 1.53 bits per heavy atom. The van der Waals surface area contributed by atoms with Crippen molar-refractivity contribution in [2.24, 2.45) is 0 Å². The fourth-order valence-electron chi connectivity index (χ4n) is 1.64. The van der Waals surface area contributed by atoms with E-state index in [1.807, 2.05) is 6.92 Å². The van der Waals surface area contributed by atoms with Gasteiger partial charge in [0.05, 0.1) is 6.10 Å². The average Bonchev–Trinajstić information content (AvgIpc) is 2.62. The van der Waals surface area contributed by atoms with Crippen molar-refractivity contribution in [3.8, 4) is 0 Å². The predicted octanol–water partition coefficient (Wildman–Crippen LogP) is 0.587. The molecule has 1 unspecified atom stereocenters. The Labute approximate surface area is 99.8 Å². The van der Waals surface area contributed by atoms with Gasteiger partial charge in [-0.1, -0.05) is 6.92 Å².